The van der Waals surface area contributed by atoms with Gasteiger partial charge in [0, 0.05) is 18.3 Å². The summed E-state index contributed by atoms with van der Waals surface area (Å²) in [4.78, 5) is 13.5. The molecule has 1 aromatic carbocycles. The summed E-state index contributed by atoms with van der Waals surface area (Å²) in [5.74, 6) is 0.101. The number of carbonyl (C=O) groups is 1. The van der Waals surface area contributed by atoms with Gasteiger partial charge < -0.3 is 5.32 Å². The zero-order chi connectivity index (χ0) is 11.7. The minimum absolute atomic E-state index is 0.101. The van der Waals surface area contributed by atoms with E-state index in [1.54, 1.807) is 0 Å². The second-order valence-electron chi connectivity index (χ2n) is 4.73. The molecule has 1 amide bonds. The number of nitrogens with one attached hydrogen (secondary N) is 1. The highest BCUT2D eigenvalue weighted by molar-refractivity contribution is 5.99. The standard InChI is InChI=1S/C13H18N2O/c1-9(2)15(3)8-10-4-5-12-11(6-10)7-13(16)14-12/h4-6,9H,7-8H2,1-3H3,(H,14,16). The molecule has 1 aliphatic rings. The van der Waals surface area contributed by atoms with Gasteiger partial charge in [-0.15, -0.1) is 0 Å². The number of carbonyl (C=O) groups excluding carboxylic acids is 1. The first-order valence-electron chi connectivity index (χ1n) is 5.68. The van der Waals surface area contributed by atoms with Gasteiger partial charge in [0.2, 0.25) is 5.91 Å². The highest BCUT2D eigenvalue weighted by Crippen LogP contribution is 2.24. The first kappa shape index (κ1) is 11.1. The van der Waals surface area contributed by atoms with Crippen molar-refractivity contribution in [2.75, 3.05) is 12.4 Å². The van der Waals surface area contributed by atoms with Gasteiger partial charge in [0.15, 0.2) is 0 Å². The summed E-state index contributed by atoms with van der Waals surface area (Å²) in [6.07, 6.45) is 0.522. The van der Waals surface area contributed by atoms with Gasteiger partial charge in [-0.3, -0.25) is 9.69 Å². The minimum Gasteiger partial charge on any atom is -0.326 e. The zero-order valence-electron chi connectivity index (χ0n) is 10.1. The molecule has 1 N–H and O–H groups in total. The van der Waals surface area contributed by atoms with Gasteiger partial charge in [0.1, 0.15) is 0 Å². The molecule has 16 heavy (non-hydrogen) atoms. The van der Waals surface area contributed by atoms with E-state index in [0.717, 1.165) is 17.8 Å². The molecule has 0 spiro atoms. The second kappa shape index (κ2) is 4.26. The van der Waals surface area contributed by atoms with Crippen molar-refractivity contribution in [1.29, 1.82) is 0 Å². The Kier molecular flexibility index (Phi) is 2.97. The van der Waals surface area contributed by atoms with Crippen molar-refractivity contribution in [3.8, 4) is 0 Å². The summed E-state index contributed by atoms with van der Waals surface area (Å²) < 4.78 is 0. The molecule has 3 heteroatoms. The summed E-state index contributed by atoms with van der Waals surface area (Å²) in [6.45, 7) is 5.29. The van der Waals surface area contributed by atoms with Gasteiger partial charge in [-0.05, 0) is 38.1 Å². The van der Waals surface area contributed by atoms with Crippen LogP contribution in [0, 0.1) is 0 Å². The maximum absolute atomic E-state index is 11.2. The Hall–Kier alpha value is -1.35. The van der Waals surface area contributed by atoms with E-state index in [1.807, 2.05) is 6.07 Å². The highest BCUT2D eigenvalue weighted by atomic mass is 16.1. The van der Waals surface area contributed by atoms with Gasteiger partial charge in [0.05, 0.1) is 6.42 Å². The molecular weight excluding hydrogens is 200 g/mol. The normalized spacial score (nSPS) is 14.4. The minimum atomic E-state index is 0.101. The van der Waals surface area contributed by atoms with Crippen LogP contribution in [0.2, 0.25) is 0 Å². The van der Waals surface area contributed by atoms with Crippen LogP contribution in [0.25, 0.3) is 0 Å². The maximum atomic E-state index is 11.2. The third-order valence-corrected chi connectivity index (χ3v) is 3.11. The van der Waals surface area contributed by atoms with Crippen LogP contribution in [0.4, 0.5) is 5.69 Å². The number of fused-ring (bicyclic) bond motifs is 1. The average molecular weight is 218 g/mol. The molecule has 2 rings (SSSR count). The molecule has 1 aromatic rings. The number of hydrogen-bond donors (Lipinski definition) is 1. The Bertz CT molecular complexity index is 412. The number of amides is 1. The molecule has 0 fully saturated rings. The first-order chi connectivity index (χ1) is 7.56. The molecular formula is C13H18N2O. The molecule has 3 nitrogen and oxygen atoms in total. The van der Waals surface area contributed by atoms with Crippen LogP contribution in [0.5, 0.6) is 0 Å². The third kappa shape index (κ3) is 2.25. The fourth-order valence-corrected chi connectivity index (χ4v) is 1.85. The molecule has 1 aliphatic heterocycles. The Labute approximate surface area is 96.5 Å². The number of rotatable bonds is 3. The first-order valence-corrected chi connectivity index (χ1v) is 5.68. The molecule has 0 atom stereocenters. The van der Waals surface area contributed by atoms with Crippen molar-refractivity contribution in [1.82, 2.24) is 4.90 Å². The predicted octanol–water partition coefficient (Wildman–Crippen LogP) is 2.02. The quantitative estimate of drug-likeness (QED) is 0.841. The van der Waals surface area contributed by atoms with Crippen molar-refractivity contribution < 1.29 is 4.79 Å². The lowest BCUT2D eigenvalue weighted by Crippen LogP contribution is -2.25. The van der Waals surface area contributed by atoms with Gasteiger partial charge >= 0.3 is 0 Å². The van der Waals surface area contributed by atoms with Crippen molar-refractivity contribution >= 4 is 11.6 Å². The molecule has 0 saturated carbocycles. The molecule has 0 aliphatic carbocycles. The fraction of sp³-hybridized carbons (Fsp3) is 0.462. The molecule has 0 radical (unpaired) electrons. The number of anilines is 1. The molecule has 0 saturated heterocycles. The number of hydrogen-bond acceptors (Lipinski definition) is 2. The third-order valence-electron chi connectivity index (χ3n) is 3.11. The van der Waals surface area contributed by atoms with Gasteiger partial charge in [-0.1, -0.05) is 12.1 Å². The van der Waals surface area contributed by atoms with E-state index < -0.39 is 0 Å². The van der Waals surface area contributed by atoms with Gasteiger partial charge in [0.25, 0.3) is 0 Å². The van der Waals surface area contributed by atoms with E-state index in [9.17, 15) is 4.79 Å². The number of benzene rings is 1. The predicted molar refractivity (Wildman–Crippen MR) is 65.4 cm³/mol. The van der Waals surface area contributed by atoms with E-state index >= 15 is 0 Å². The molecule has 1 heterocycles. The topological polar surface area (TPSA) is 32.3 Å². The molecule has 0 bridgehead atoms. The second-order valence-corrected chi connectivity index (χ2v) is 4.73. The molecule has 0 aromatic heterocycles. The Morgan fingerprint density at radius 1 is 1.44 bits per heavy atom. The zero-order valence-corrected chi connectivity index (χ0v) is 10.1. The summed E-state index contributed by atoms with van der Waals surface area (Å²) in [7, 11) is 2.11. The van der Waals surface area contributed by atoms with Crippen LogP contribution in [0.1, 0.15) is 25.0 Å². The lowest BCUT2D eigenvalue weighted by atomic mass is 10.1. The van der Waals surface area contributed by atoms with E-state index in [-0.39, 0.29) is 5.91 Å². The van der Waals surface area contributed by atoms with Crippen LogP contribution in [-0.4, -0.2) is 23.9 Å². The largest absolute Gasteiger partial charge is 0.326 e. The van der Waals surface area contributed by atoms with E-state index in [2.05, 4.69) is 43.2 Å². The summed E-state index contributed by atoms with van der Waals surface area (Å²) in [5.41, 5.74) is 3.37. The van der Waals surface area contributed by atoms with E-state index in [4.69, 9.17) is 0 Å². The molecule has 0 unspecified atom stereocenters. The van der Waals surface area contributed by atoms with Crippen molar-refractivity contribution in [3.63, 3.8) is 0 Å². The lowest BCUT2D eigenvalue weighted by molar-refractivity contribution is -0.115. The smallest absolute Gasteiger partial charge is 0.228 e. The van der Waals surface area contributed by atoms with Crippen LogP contribution in [0.3, 0.4) is 0 Å². The summed E-state index contributed by atoms with van der Waals surface area (Å²) >= 11 is 0. The highest BCUT2D eigenvalue weighted by Gasteiger charge is 2.17. The van der Waals surface area contributed by atoms with Crippen LogP contribution in [0.15, 0.2) is 18.2 Å². The Balaban J connectivity index is 2.13. The average Bonchev–Trinajstić information content (AvgIpc) is 2.57. The summed E-state index contributed by atoms with van der Waals surface area (Å²) in [6, 6.07) is 6.76. The van der Waals surface area contributed by atoms with Gasteiger partial charge in [-0.25, -0.2) is 0 Å². The summed E-state index contributed by atoms with van der Waals surface area (Å²) in [5, 5.41) is 2.85. The van der Waals surface area contributed by atoms with Gasteiger partial charge in [-0.2, -0.15) is 0 Å². The van der Waals surface area contributed by atoms with E-state index in [0.29, 0.717) is 12.5 Å². The Morgan fingerprint density at radius 3 is 2.88 bits per heavy atom. The van der Waals surface area contributed by atoms with Crippen molar-refractivity contribution in [3.05, 3.63) is 29.3 Å². The number of nitrogens with zero attached hydrogens (tertiary/aromatic N) is 1. The van der Waals surface area contributed by atoms with Crippen LogP contribution >= 0.6 is 0 Å². The fourth-order valence-electron chi connectivity index (χ4n) is 1.85. The van der Waals surface area contributed by atoms with Crippen molar-refractivity contribution in [2.24, 2.45) is 0 Å². The van der Waals surface area contributed by atoms with E-state index in [1.165, 1.54) is 5.56 Å². The molecule has 86 valence electrons. The van der Waals surface area contributed by atoms with Crippen LogP contribution in [-0.2, 0) is 17.8 Å². The van der Waals surface area contributed by atoms with Crippen LogP contribution < -0.4 is 5.32 Å². The monoisotopic (exact) mass is 218 g/mol. The SMILES string of the molecule is CC(C)N(C)Cc1ccc2c(c1)CC(=O)N2. The Morgan fingerprint density at radius 2 is 2.19 bits per heavy atom. The maximum Gasteiger partial charge on any atom is 0.228 e. The lowest BCUT2D eigenvalue weighted by Gasteiger charge is -2.21. The van der Waals surface area contributed by atoms with Crippen molar-refractivity contribution in [2.45, 2.75) is 32.9 Å².